The van der Waals surface area contributed by atoms with Gasteiger partial charge in [-0.1, -0.05) is 50.2 Å². The van der Waals surface area contributed by atoms with Crippen LogP contribution in [0.1, 0.15) is 47.4 Å². The van der Waals surface area contributed by atoms with Crippen LogP contribution < -0.4 is 16.4 Å². The van der Waals surface area contributed by atoms with Crippen molar-refractivity contribution >= 4 is 55.9 Å². The topological polar surface area (TPSA) is 136 Å². The van der Waals surface area contributed by atoms with Crippen molar-refractivity contribution in [3.05, 3.63) is 96.1 Å². The first-order valence-electron chi connectivity index (χ1n) is 14.1. The number of rotatable bonds is 8. The zero-order valence-corrected chi connectivity index (χ0v) is 23.4. The molecule has 6 rings (SSSR count). The average Bonchev–Trinajstić information content (AvgIpc) is 3.02. The summed E-state index contributed by atoms with van der Waals surface area (Å²) in [5.74, 6) is -0.574. The lowest BCUT2D eigenvalue weighted by Crippen LogP contribution is -2.58. The molecule has 0 radical (unpaired) electrons. The molecule has 4 aromatic carbocycles. The Morgan fingerprint density at radius 1 is 0.571 bits per heavy atom. The number of nitrogens with zero attached hydrogens (tertiary/aromatic N) is 4. The molecule has 0 saturated heterocycles. The number of hydrogen-bond donors (Lipinski definition) is 3. The molecule has 42 heavy (non-hydrogen) atoms. The lowest BCUT2D eigenvalue weighted by molar-refractivity contribution is 0.0909. The average molecular weight is 558 g/mol. The number of carbonyl (C=O) groups is 2. The first-order valence-corrected chi connectivity index (χ1v) is 14.1. The van der Waals surface area contributed by atoms with Gasteiger partial charge < -0.3 is 16.4 Å². The molecule has 2 amide bonds. The lowest BCUT2D eigenvalue weighted by atomic mass is 9.95. The van der Waals surface area contributed by atoms with Gasteiger partial charge in [-0.2, -0.15) is 0 Å². The summed E-state index contributed by atoms with van der Waals surface area (Å²) in [6.45, 7) is 3.92. The molecule has 2 atom stereocenters. The SMILES string of the molecule is CCC(NC(=O)c1cccc2nc3ccccc3nc12)C(N)C(CC)NC(=O)c1cccc2nc3ccccc3nc12. The third kappa shape index (κ3) is 5.10. The van der Waals surface area contributed by atoms with Crippen LogP contribution in [0.25, 0.3) is 44.1 Å². The molecule has 0 spiro atoms. The fourth-order valence-electron chi connectivity index (χ4n) is 5.37. The van der Waals surface area contributed by atoms with Crippen molar-refractivity contribution in [1.82, 2.24) is 30.6 Å². The fraction of sp³-hybridized carbons (Fsp3) is 0.212. The Bertz CT molecular complexity index is 1820. The summed E-state index contributed by atoms with van der Waals surface area (Å²) in [5, 5.41) is 6.19. The van der Waals surface area contributed by atoms with E-state index in [4.69, 9.17) is 15.7 Å². The predicted octanol–water partition coefficient (Wildman–Crippen LogP) is 4.92. The van der Waals surface area contributed by atoms with Gasteiger partial charge in [0.2, 0.25) is 0 Å². The van der Waals surface area contributed by atoms with Gasteiger partial charge in [0.25, 0.3) is 11.8 Å². The summed E-state index contributed by atoms with van der Waals surface area (Å²) >= 11 is 0. The van der Waals surface area contributed by atoms with Gasteiger partial charge in [-0.15, -0.1) is 0 Å². The molecule has 4 N–H and O–H groups in total. The molecular weight excluding hydrogens is 526 g/mol. The minimum absolute atomic E-state index is 0.287. The minimum Gasteiger partial charge on any atom is -0.348 e. The van der Waals surface area contributed by atoms with Crippen molar-refractivity contribution in [3.8, 4) is 0 Å². The first-order chi connectivity index (χ1) is 20.5. The Morgan fingerprint density at radius 3 is 1.31 bits per heavy atom. The molecule has 9 nitrogen and oxygen atoms in total. The second kappa shape index (κ2) is 11.5. The standard InChI is InChI=1S/C33H31N7O2/c1-3-21(39-32(41)19-11-9-17-27-30(19)37-25-15-7-5-13-23(25)35-27)29(34)22(4-2)40-33(42)20-12-10-18-28-31(20)38-26-16-8-6-14-24(26)36-28/h5-18,21-22,29H,3-4,34H2,1-2H3,(H,39,41)(H,40,42). The van der Waals surface area contributed by atoms with Gasteiger partial charge in [-0.05, 0) is 61.4 Å². The molecule has 0 aliphatic heterocycles. The maximum Gasteiger partial charge on any atom is 0.253 e. The van der Waals surface area contributed by atoms with Gasteiger partial charge in [0.05, 0.1) is 44.2 Å². The summed E-state index contributed by atoms with van der Waals surface area (Å²) in [7, 11) is 0. The van der Waals surface area contributed by atoms with E-state index in [0.717, 1.165) is 11.0 Å². The zero-order valence-electron chi connectivity index (χ0n) is 23.4. The largest absolute Gasteiger partial charge is 0.348 e. The number of hydrogen-bond acceptors (Lipinski definition) is 7. The van der Waals surface area contributed by atoms with Gasteiger partial charge in [-0.3, -0.25) is 9.59 Å². The van der Waals surface area contributed by atoms with Crippen LogP contribution in [-0.4, -0.2) is 49.9 Å². The molecule has 0 aliphatic carbocycles. The van der Waals surface area contributed by atoms with Crippen LogP contribution in [0.4, 0.5) is 0 Å². The van der Waals surface area contributed by atoms with Crippen molar-refractivity contribution in [1.29, 1.82) is 0 Å². The summed E-state index contributed by atoms with van der Waals surface area (Å²) in [6, 6.07) is 24.6. The van der Waals surface area contributed by atoms with E-state index in [9.17, 15) is 9.59 Å². The van der Waals surface area contributed by atoms with Crippen LogP contribution >= 0.6 is 0 Å². The summed E-state index contributed by atoms with van der Waals surface area (Å²) in [4.78, 5) is 45.9. The van der Waals surface area contributed by atoms with Crippen molar-refractivity contribution in [2.75, 3.05) is 0 Å². The maximum absolute atomic E-state index is 13.5. The van der Waals surface area contributed by atoms with E-state index < -0.39 is 18.1 Å². The molecule has 0 aliphatic rings. The van der Waals surface area contributed by atoms with E-state index in [1.807, 2.05) is 74.5 Å². The molecule has 0 fully saturated rings. The van der Waals surface area contributed by atoms with Gasteiger partial charge in [0, 0.05) is 18.1 Å². The number of carbonyl (C=O) groups excluding carboxylic acids is 2. The Balaban J connectivity index is 1.23. The highest BCUT2D eigenvalue weighted by Gasteiger charge is 2.28. The lowest BCUT2D eigenvalue weighted by Gasteiger charge is -2.31. The third-order valence-electron chi connectivity index (χ3n) is 7.67. The van der Waals surface area contributed by atoms with Crippen LogP contribution in [0, 0.1) is 0 Å². The first kappa shape index (κ1) is 27.2. The number of aromatic nitrogens is 4. The van der Waals surface area contributed by atoms with E-state index in [2.05, 4.69) is 20.6 Å². The second-order valence-electron chi connectivity index (χ2n) is 10.3. The van der Waals surface area contributed by atoms with Crippen LogP contribution in [0.5, 0.6) is 0 Å². The molecule has 6 aromatic rings. The molecule has 2 heterocycles. The number of nitrogens with one attached hydrogen (secondary N) is 2. The molecule has 210 valence electrons. The summed E-state index contributed by atoms with van der Waals surface area (Å²) in [6.07, 6.45) is 1.15. The molecule has 2 aromatic heterocycles. The van der Waals surface area contributed by atoms with Crippen LogP contribution in [0.2, 0.25) is 0 Å². The minimum atomic E-state index is -0.545. The molecule has 2 unspecified atom stereocenters. The molecule has 0 saturated carbocycles. The number of nitrogens with two attached hydrogens (primary N) is 1. The van der Waals surface area contributed by atoms with Gasteiger partial charge in [0.15, 0.2) is 0 Å². The predicted molar refractivity (Wildman–Crippen MR) is 165 cm³/mol. The number of fused-ring (bicyclic) bond motifs is 4. The van der Waals surface area contributed by atoms with Crippen molar-refractivity contribution < 1.29 is 9.59 Å². The highest BCUT2D eigenvalue weighted by molar-refractivity contribution is 6.07. The monoisotopic (exact) mass is 557 g/mol. The molecule has 9 heteroatoms. The Labute approximate surface area is 242 Å². The van der Waals surface area contributed by atoms with Crippen LogP contribution in [0.15, 0.2) is 84.9 Å². The van der Waals surface area contributed by atoms with Crippen molar-refractivity contribution in [2.24, 2.45) is 5.73 Å². The molecular formula is C33H31N7O2. The van der Waals surface area contributed by atoms with E-state index >= 15 is 0 Å². The smallest absolute Gasteiger partial charge is 0.253 e. The number of amides is 2. The quantitative estimate of drug-likeness (QED) is 0.226. The van der Waals surface area contributed by atoms with E-state index in [0.29, 0.717) is 57.1 Å². The van der Waals surface area contributed by atoms with E-state index in [-0.39, 0.29) is 11.8 Å². The fourth-order valence-corrected chi connectivity index (χ4v) is 5.37. The highest BCUT2D eigenvalue weighted by Crippen LogP contribution is 2.22. The van der Waals surface area contributed by atoms with Crippen LogP contribution in [0.3, 0.4) is 0 Å². The Morgan fingerprint density at radius 2 is 0.929 bits per heavy atom. The Hall–Kier alpha value is -5.02. The Kier molecular flexibility index (Phi) is 7.41. The van der Waals surface area contributed by atoms with Gasteiger partial charge in [-0.25, -0.2) is 19.9 Å². The van der Waals surface area contributed by atoms with Crippen molar-refractivity contribution in [2.45, 2.75) is 44.8 Å². The second-order valence-corrected chi connectivity index (χ2v) is 10.3. The summed E-state index contributed by atoms with van der Waals surface area (Å²) in [5.41, 5.74) is 12.9. The maximum atomic E-state index is 13.5. The van der Waals surface area contributed by atoms with Crippen molar-refractivity contribution in [3.63, 3.8) is 0 Å². The third-order valence-corrected chi connectivity index (χ3v) is 7.67. The zero-order chi connectivity index (χ0) is 29.2. The number of para-hydroxylation sites is 6. The normalized spacial score (nSPS) is 13.7. The highest BCUT2D eigenvalue weighted by atomic mass is 16.2. The van der Waals surface area contributed by atoms with E-state index in [1.54, 1.807) is 24.3 Å². The summed E-state index contributed by atoms with van der Waals surface area (Å²) < 4.78 is 0. The van der Waals surface area contributed by atoms with Crippen LogP contribution in [-0.2, 0) is 0 Å². The van der Waals surface area contributed by atoms with E-state index in [1.165, 1.54) is 0 Å². The molecule has 0 bridgehead atoms. The van der Waals surface area contributed by atoms with Gasteiger partial charge >= 0.3 is 0 Å². The van der Waals surface area contributed by atoms with Gasteiger partial charge in [0.1, 0.15) is 11.0 Å². The number of benzene rings is 4.